The molecule has 0 aliphatic heterocycles. The molecule has 1 aromatic carbocycles. The Kier molecular flexibility index (Phi) is 4.74. The van der Waals surface area contributed by atoms with Crippen molar-refractivity contribution >= 4 is 22.4 Å². The zero-order valence-corrected chi connectivity index (χ0v) is 12.1. The molecule has 0 bridgehead atoms. The maximum Gasteiger partial charge on any atom is 0.137 e. The molecule has 0 amide bonds. The highest BCUT2D eigenvalue weighted by molar-refractivity contribution is 7.84. The standard InChI is InChI=1S/C13H15ClN2O2S/c1-10-12(9-19(18)8-7-17)13(14)16(15-10)11-5-3-2-4-6-11/h2-6,17H,7-9H2,1H3/t19-/m1/s1. The van der Waals surface area contributed by atoms with E-state index < -0.39 is 10.8 Å². The van der Waals surface area contributed by atoms with Gasteiger partial charge >= 0.3 is 0 Å². The van der Waals surface area contributed by atoms with Crippen LogP contribution in [0.4, 0.5) is 0 Å². The summed E-state index contributed by atoms with van der Waals surface area (Å²) in [7, 11) is -1.12. The molecular weight excluding hydrogens is 284 g/mol. The average molecular weight is 299 g/mol. The van der Waals surface area contributed by atoms with Crippen LogP contribution < -0.4 is 0 Å². The number of halogens is 1. The first-order valence-electron chi connectivity index (χ1n) is 5.88. The summed E-state index contributed by atoms with van der Waals surface area (Å²) in [5, 5.41) is 13.7. The molecule has 1 heterocycles. The second kappa shape index (κ2) is 6.32. The average Bonchev–Trinajstić information content (AvgIpc) is 2.68. The Hall–Kier alpha value is -1.17. The van der Waals surface area contributed by atoms with Crippen molar-refractivity contribution in [2.45, 2.75) is 12.7 Å². The van der Waals surface area contributed by atoms with Crippen LogP contribution in [-0.2, 0) is 16.6 Å². The molecule has 0 aliphatic carbocycles. The number of hydrogen-bond acceptors (Lipinski definition) is 3. The molecule has 0 saturated carbocycles. The predicted octanol–water partition coefficient (Wildman–Crippen LogP) is 2.08. The first-order chi connectivity index (χ1) is 9.13. The summed E-state index contributed by atoms with van der Waals surface area (Å²) in [6, 6.07) is 9.56. The fourth-order valence-corrected chi connectivity index (χ4v) is 3.20. The fourth-order valence-electron chi connectivity index (χ4n) is 1.77. The van der Waals surface area contributed by atoms with Gasteiger partial charge in [0.05, 0.1) is 23.7 Å². The minimum absolute atomic E-state index is 0.0872. The van der Waals surface area contributed by atoms with E-state index in [9.17, 15) is 4.21 Å². The van der Waals surface area contributed by atoms with Gasteiger partial charge in [-0.3, -0.25) is 4.21 Å². The van der Waals surface area contributed by atoms with Crippen LogP contribution in [0.25, 0.3) is 5.69 Å². The van der Waals surface area contributed by atoms with Gasteiger partial charge in [0.15, 0.2) is 0 Å². The van der Waals surface area contributed by atoms with Gasteiger partial charge in [-0.15, -0.1) is 0 Å². The van der Waals surface area contributed by atoms with Gasteiger partial charge in [-0.2, -0.15) is 5.10 Å². The van der Waals surface area contributed by atoms with E-state index in [1.165, 1.54) is 0 Å². The van der Waals surface area contributed by atoms with Crippen molar-refractivity contribution in [2.75, 3.05) is 12.4 Å². The van der Waals surface area contributed by atoms with Crippen LogP contribution in [0.1, 0.15) is 11.3 Å². The fraction of sp³-hybridized carbons (Fsp3) is 0.308. The molecule has 0 spiro atoms. The van der Waals surface area contributed by atoms with Crippen LogP contribution in [0.5, 0.6) is 0 Å². The Morgan fingerprint density at radius 2 is 2.05 bits per heavy atom. The molecule has 19 heavy (non-hydrogen) atoms. The third-order valence-corrected chi connectivity index (χ3v) is 4.38. The molecule has 0 saturated heterocycles. The van der Waals surface area contributed by atoms with Crippen molar-refractivity contribution in [3.63, 3.8) is 0 Å². The van der Waals surface area contributed by atoms with Crippen molar-refractivity contribution in [3.8, 4) is 5.69 Å². The summed E-state index contributed by atoms with van der Waals surface area (Å²) in [6.45, 7) is 1.76. The molecule has 1 atom stereocenters. The van der Waals surface area contributed by atoms with E-state index in [4.69, 9.17) is 16.7 Å². The highest BCUT2D eigenvalue weighted by Crippen LogP contribution is 2.24. The number of aromatic nitrogens is 2. The Balaban J connectivity index is 2.33. The molecule has 2 aromatic rings. The summed E-state index contributed by atoms with van der Waals surface area (Å²) in [5.41, 5.74) is 2.41. The number of benzene rings is 1. The molecule has 102 valence electrons. The number of aryl methyl sites for hydroxylation is 1. The van der Waals surface area contributed by atoms with E-state index in [1.54, 1.807) is 4.68 Å². The summed E-state index contributed by atoms with van der Waals surface area (Å²) >= 11 is 6.31. The maximum absolute atomic E-state index is 11.7. The predicted molar refractivity (Wildman–Crippen MR) is 77.1 cm³/mol. The molecular formula is C13H15ClN2O2S. The summed E-state index contributed by atoms with van der Waals surface area (Å²) in [6.07, 6.45) is 0. The van der Waals surface area contributed by atoms with Gasteiger partial charge in [0.2, 0.25) is 0 Å². The largest absolute Gasteiger partial charge is 0.395 e. The molecule has 1 aromatic heterocycles. The summed E-state index contributed by atoms with van der Waals surface area (Å²) in [5.74, 6) is 0.574. The molecule has 0 aliphatic rings. The van der Waals surface area contributed by atoms with Crippen LogP contribution in [0.15, 0.2) is 30.3 Å². The Labute approximate surface area is 119 Å². The van der Waals surface area contributed by atoms with Gasteiger partial charge in [0, 0.05) is 22.1 Å². The van der Waals surface area contributed by atoms with Crippen molar-refractivity contribution in [1.82, 2.24) is 9.78 Å². The lowest BCUT2D eigenvalue weighted by molar-refractivity contribution is 0.321. The molecule has 0 radical (unpaired) electrons. The number of nitrogens with zero attached hydrogens (tertiary/aromatic N) is 2. The SMILES string of the molecule is Cc1nn(-c2ccccc2)c(Cl)c1C[S@](=O)CCO. The Morgan fingerprint density at radius 1 is 1.37 bits per heavy atom. The second-order valence-corrected chi connectivity index (χ2v) is 6.05. The topological polar surface area (TPSA) is 55.1 Å². The first-order valence-corrected chi connectivity index (χ1v) is 7.75. The molecule has 0 unspecified atom stereocenters. The zero-order valence-electron chi connectivity index (χ0n) is 10.5. The van der Waals surface area contributed by atoms with E-state index in [2.05, 4.69) is 5.10 Å². The van der Waals surface area contributed by atoms with Gasteiger partial charge < -0.3 is 5.11 Å². The van der Waals surface area contributed by atoms with E-state index in [0.717, 1.165) is 16.9 Å². The summed E-state index contributed by atoms with van der Waals surface area (Å²) in [4.78, 5) is 0. The van der Waals surface area contributed by atoms with Gasteiger partial charge in [-0.25, -0.2) is 4.68 Å². The lowest BCUT2D eigenvalue weighted by Gasteiger charge is -2.03. The number of aliphatic hydroxyl groups excluding tert-OH is 1. The van der Waals surface area contributed by atoms with Crippen molar-refractivity contribution in [3.05, 3.63) is 46.7 Å². The highest BCUT2D eigenvalue weighted by Gasteiger charge is 2.16. The quantitative estimate of drug-likeness (QED) is 0.919. The van der Waals surface area contributed by atoms with Crippen LogP contribution in [0.3, 0.4) is 0 Å². The Bertz CT molecular complexity index is 584. The third-order valence-electron chi connectivity index (χ3n) is 2.75. The van der Waals surface area contributed by atoms with E-state index in [1.807, 2.05) is 37.3 Å². The molecule has 1 N–H and O–H groups in total. The normalized spacial score (nSPS) is 12.6. The third kappa shape index (κ3) is 3.23. The van der Waals surface area contributed by atoms with E-state index in [0.29, 0.717) is 10.9 Å². The zero-order chi connectivity index (χ0) is 13.8. The van der Waals surface area contributed by atoms with Gasteiger partial charge in [0.25, 0.3) is 0 Å². The van der Waals surface area contributed by atoms with Gasteiger partial charge in [-0.1, -0.05) is 29.8 Å². The number of rotatable bonds is 5. The minimum Gasteiger partial charge on any atom is -0.395 e. The number of aliphatic hydroxyl groups is 1. The minimum atomic E-state index is -1.12. The van der Waals surface area contributed by atoms with E-state index >= 15 is 0 Å². The number of para-hydroxylation sites is 1. The lowest BCUT2D eigenvalue weighted by Crippen LogP contribution is -2.05. The highest BCUT2D eigenvalue weighted by atomic mass is 35.5. The van der Waals surface area contributed by atoms with Gasteiger partial charge in [0.1, 0.15) is 5.15 Å². The van der Waals surface area contributed by atoms with Crippen molar-refractivity contribution < 1.29 is 9.32 Å². The molecule has 2 rings (SSSR count). The van der Waals surface area contributed by atoms with Crippen molar-refractivity contribution in [1.29, 1.82) is 0 Å². The molecule has 4 nitrogen and oxygen atoms in total. The lowest BCUT2D eigenvalue weighted by atomic mass is 10.3. The van der Waals surface area contributed by atoms with Crippen LogP contribution in [0, 0.1) is 6.92 Å². The molecule has 6 heteroatoms. The monoisotopic (exact) mass is 298 g/mol. The van der Waals surface area contributed by atoms with Crippen molar-refractivity contribution in [2.24, 2.45) is 0 Å². The van der Waals surface area contributed by atoms with Crippen LogP contribution in [0.2, 0.25) is 5.15 Å². The maximum atomic E-state index is 11.7. The first kappa shape index (κ1) is 14.2. The molecule has 0 fully saturated rings. The second-order valence-electron chi connectivity index (χ2n) is 4.11. The van der Waals surface area contributed by atoms with Crippen LogP contribution >= 0.6 is 11.6 Å². The van der Waals surface area contributed by atoms with E-state index in [-0.39, 0.29) is 12.4 Å². The van der Waals surface area contributed by atoms with Gasteiger partial charge in [-0.05, 0) is 19.1 Å². The summed E-state index contributed by atoms with van der Waals surface area (Å²) < 4.78 is 13.4. The Morgan fingerprint density at radius 3 is 2.68 bits per heavy atom. The smallest absolute Gasteiger partial charge is 0.137 e. The number of hydrogen-bond donors (Lipinski definition) is 1. The van der Waals surface area contributed by atoms with Crippen LogP contribution in [-0.4, -0.2) is 31.5 Å².